The average molecular weight is 332 g/mol. The van der Waals surface area contributed by atoms with E-state index in [9.17, 15) is 5.11 Å². The number of unbranched alkanes of at least 4 members (excludes halogenated alkanes) is 4. The lowest BCUT2D eigenvalue weighted by atomic mass is 9.79. The molecule has 0 aliphatic carbocycles. The fourth-order valence-corrected chi connectivity index (χ4v) is 2.73. The van der Waals surface area contributed by atoms with Gasteiger partial charge in [-0.3, -0.25) is 4.99 Å². The van der Waals surface area contributed by atoms with Gasteiger partial charge in [-0.1, -0.05) is 80.2 Å². The third-order valence-electron chi connectivity index (χ3n) is 4.43. The number of rotatable bonds is 7. The summed E-state index contributed by atoms with van der Waals surface area (Å²) in [6.07, 6.45) is 8.11. The molecule has 0 spiro atoms. The van der Waals surface area contributed by atoms with E-state index in [1.54, 1.807) is 0 Å². The molecule has 0 saturated carbocycles. The van der Waals surface area contributed by atoms with Crippen LogP contribution in [0.4, 0.5) is 0 Å². The van der Waals surface area contributed by atoms with E-state index in [0.717, 1.165) is 24.1 Å². The van der Waals surface area contributed by atoms with Crippen LogP contribution in [0, 0.1) is 0 Å². The van der Waals surface area contributed by atoms with Gasteiger partial charge in [-0.25, -0.2) is 0 Å². The fourth-order valence-electron chi connectivity index (χ4n) is 2.73. The van der Waals surface area contributed by atoms with Crippen molar-refractivity contribution in [3.63, 3.8) is 0 Å². The van der Waals surface area contributed by atoms with E-state index in [2.05, 4.69) is 65.6 Å². The van der Waals surface area contributed by atoms with Gasteiger partial charge in [0.05, 0.1) is 0 Å². The fraction of sp³-hybridized carbons (Fsp3) is 0.682. The van der Waals surface area contributed by atoms with Crippen LogP contribution in [-0.2, 0) is 10.8 Å². The van der Waals surface area contributed by atoms with Crippen LogP contribution in [0.1, 0.15) is 97.3 Å². The van der Waals surface area contributed by atoms with E-state index in [1.165, 1.54) is 31.2 Å². The first-order valence-corrected chi connectivity index (χ1v) is 9.45. The molecule has 0 radical (unpaired) electrons. The van der Waals surface area contributed by atoms with Crippen molar-refractivity contribution >= 4 is 6.21 Å². The van der Waals surface area contributed by atoms with Crippen LogP contribution < -0.4 is 0 Å². The van der Waals surface area contributed by atoms with Crippen molar-refractivity contribution in [2.45, 2.75) is 91.4 Å². The normalized spacial score (nSPS) is 13.0. The lowest BCUT2D eigenvalue weighted by molar-refractivity contribution is 0.444. The van der Waals surface area contributed by atoms with Crippen molar-refractivity contribution in [2.75, 3.05) is 6.54 Å². The number of aliphatic imine (C=N–C) groups is 1. The number of phenols is 1. The zero-order valence-corrected chi connectivity index (χ0v) is 16.9. The minimum Gasteiger partial charge on any atom is -0.507 e. The van der Waals surface area contributed by atoms with Gasteiger partial charge in [0.2, 0.25) is 0 Å². The molecule has 2 nitrogen and oxygen atoms in total. The first-order chi connectivity index (χ1) is 11.1. The number of phenolic OH excluding ortho intramolecular Hbond substituents is 1. The number of benzene rings is 1. The second-order valence-corrected chi connectivity index (χ2v) is 8.91. The molecule has 0 fully saturated rings. The molecule has 1 rings (SSSR count). The van der Waals surface area contributed by atoms with Crippen LogP contribution in [0.2, 0.25) is 0 Å². The Morgan fingerprint density at radius 1 is 0.917 bits per heavy atom. The Morgan fingerprint density at radius 3 is 2.08 bits per heavy atom. The maximum atomic E-state index is 10.7. The Hall–Kier alpha value is -1.31. The Labute approximate surface area is 149 Å². The van der Waals surface area contributed by atoms with Gasteiger partial charge in [-0.05, 0) is 28.9 Å². The first-order valence-electron chi connectivity index (χ1n) is 9.45. The van der Waals surface area contributed by atoms with Crippen molar-refractivity contribution in [1.82, 2.24) is 0 Å². The minimum absolute atomic E-state index is 0.0520. The highest BCUT2D eigenvalue weighted by Crippen LogP contribution is 2.37. The Kier molecular flexibility index (Phi) is 7.51. The zero-order valence-electron chi connectivity index (χ0n) is 16.9. The molecule has 1 aromatic rings. The summed E-state index contributed by atoms with van der Waals surface area (Å²) in [5.41, 5.74) is 3.06. The maximum Gasteiger partial charge on any atom is 0.128 e. The summed E-state index contributed by atoms with van der Waals surface area (Å²) in [4.78, 5) is 4.56. The molecule has 0 bridgehead atoms. The highest BCUT2D eigenvalue weighted by molar-refractivity contribution is 5.85. The molecule has 0 aromatic heterocycles. The molecule has 0 heterocycles. The van der Waals surface area contributed by atoms with Gasteiger partial charge in [0.15, 0.2) is 0 Å². The van der Waals surface area contributed by atoms with E-state index < -0.39 is 0 Å². The topological polar surface area (TPSA) is 32.6 Å². The van der Waals surface area contributed by atoms with Gasteiger partial charge in [-0.15, -0.1) is 0 Å². The van der Waals surface area contributed by atoms with Gasteiger partial charge >= 0.3 is 0 Å². The van der Waals surface area contributed by atoms with Crippen molar-refractivity contribution < 1.29 is 5.11 Å². The highest BCUT2D eigenvalue weighted by atomic mass is 16.3. The van der Waals surface area contributed by atoms with Gasteiger partial charge in [0.1, 0.15) is 5.75 Å². The van der Waals surface area contributed by atoms with Crippen LogP contribution in [0.25, 0.3) is 0 Å². The number of hydrogen-bond acceptors (Lipinski definition) is 2. The number of nitrogens with zero attached hydrogens (tertiary/aromatic N) is 1. The first kappa shape index (κ1) is 20.7. The molecule has 24 heavy (non-hydrogen) atoms. The van der Waals surface area contributed by atoms with E-state index in [4.69, 9.17) is 0 Å². The molecule has 0 amide bonds. The lowest BCUT2D eigenvalue weighted by Gasteiger charge is -2.27. The van der Waals surface area contributed by atoms with Gasteiger partial charge in [0.25, 0.3) is 0 Å². The van der Waals surface area contributed by atoms with Crippen LogP contribution >= 0.6 is 0 Å². The quantitative estimate of drug-likeness (QED) is 0.456. The van der Waals surface area contributed by atoms with Crippen LogP contribution in [0.15, 0.2) is 17.1 Å². The minimum atomic E-state index is -0.0892. The molecule has 0 unspecified atom stereocenters. The molecule has 0 atom stereocenters. The summed E-state index contributed by atoms with van der Waals surface area (Å²) in [6.45, 7) is 16.1. The molecular formula is C22H37NO. The number of hydrogen-bond donors (Lipinski definition) is 1. The van der Waals surface area contributed by atoms with Crippen molar-refractivity contribution in [1.29, 1.82) is 0 Å². The predicted molar refractivity (Wildman–Crippen MR) is 107 cm³/mol. The predicted octanol–water partition coefficient (Wildman–Crippen LogP) is 6.38. The van der Waals surface area contributed by atoms with Gasteiger partial charge < -0.3 is 5.11 Å². The van der Waals surface area contributed by atoms with Crippen molar-refractivity contribution in [2.24, 2.45) is 4.99 Å². The summed E-state index contributed by atoms with van der Waals surface area (Å²) in [7, 11) is 0. The van der Waals surface area contributed by atoms with Crippen LogP contribution in [0.3, 0.4) is 0 Å². The monoisotopic (exact) mass is 331 g/mol. The van der Waals surface area contributed by atoms with E-state index in [1.807, 2.05) is 6.21 Å². The average Bonchev–Trinajstić information content (AvgIpc) is 2.45. The molecule has 0 aliphatic heterocycles. The summed E-state index contributed by atoms with van der Waals surface area (Å²) in [5, 5.41) is 10.7. The molecule has 2 heteroatoms. The van der Waals surface area contributed by atoms with Crippen molar-refractivity contribution in [3.8, 4) is 5.75 Å². The summed E-state index contributed by atoms with van der Waals surface area (Å²) in [5.74, 6) is 0.380. The Bertz CT molecular complexity index is 544. The summed E-state index contributed by atoms with van der Waals surface area (Å²) in [6, 6.07) is 4.24. The maximum absolute atomic E-state index is 10.7. The van der Waals surface area contributed by atoms with Gasteiger partial charge in [-0.2, -0.15) is 0 Å². The van der Waals surface area contributed by atoms with Crippen LogP contribution in [0.5, 0.6) is 5.75 Å². The summed E-state index contributed by atoms with van der Waals surface area (Å²) >= 11 is 0. The zero-order chi connectivity index (χ0) is 18.4. The standard InChI is InChI=1S/C22H37NO/c1-8-9-10-11-12-13-23-16-17-14-18(21(2,3)4)15-19(20(17)24)22(5,6)7/h14-16,24H,8-13H2,1-7H3. The SMILES string of the molecule is CCCCCCCN=Cc1cc(C(C)(C)C)cc(C(C)(C)C)c1O. The van der Waals surface area contributed by atoms with E-state index >= 15 is 0 Å². The lowest BCUT2D eigenvalue weighted by Crippen LogP contribution is -2.17. The third kappa shape index (κ3) is 6.30. The van der Waals surface area contributed by atoms with Gasteiger partial charge in [0, 0.05) is 23.9 Å². The molecule has 136 valence electrons. The molecule has 1 aromatic carbocycles. The molecule has 1 N–H and O–H groups in total. The second kappa shape index (κ2) is 8.69. The smallest absolute Gasteiger partial charge is 0.128 e. The molecule has 0 saturated heterocycles. The van der Waals surface area contributed by atoms with Crippen molar-refractivity contribution in [3.05, 3.63) is 28.8 Å². The Balaban J connectivity index is 2.97. The summed E-state index contributed by atoms with van der Waals surface area (Å²) < 4.78 is 0. The molecule has 0 aliphatic rings. The number of aromatic hydroxyl groups is 1. The Morgan fingerprint density at radius 2 is 1.54 bits per heavy atom. The highest BCUT2D eigenvalue weighted by Gasteiger charge is 2.24. The van der Waals surface area contributed by atoms with E-state index in [0.29, 0.717) is 5.75 Å². The van der Waals surface area contributed by atoms with E-state index in [-0.39, 0.29) is 10.8 Å². The second-order valence-electron chi connectivity index (χ2n) is 8.91. The van der Waals surface area contributed by atoms with Crippen LogP contribution in [-0.4, -0.2) is 17.9 Å². The molecular weight excluding hydrogens is 294 g/mol. The third-order valence-corrected chi connectivity index (χ3v) is 4.43. The largest absolute Gasteiger partial charge is 0.507 e.